The summed E-state index contributed by atoms with van der Waals surface area (Å²) in [6.07, 6.45) is 4.48. The Morgan fingerprint density at radius 2 is 2.12 bits per heavy atom. The van der Waals surface area contributed by atoms with Crippen LogP contribution in [0.5, 0.6) is 0 Å². The number of hydrogen-bond acceptors (Lipinski definition) is 5. The van der Waals surface area contributed by atoms with Crippen molar-refractivity contribution in [3.05, 3.63) is 18.0 Å². The smallest absolute Gasteiger partial charge is 0.194 e. The van der Waals surface area contributed by atoms with E-state index in [0.717, 1.165) is 70.2 Å². The van der Waals surface area contributed by atoms with E-state index in [1.165, 1.54) is 0 Å². The molecule has 2 N–H and O–H groups in total. The van der Waals surface area contributed by atoms with Crippen molar-refractivity contribution >= 4 is 29.9 Å². The Bertz CT molecular complexity index is 511. The summed E-state index contributed by atoms with van der Waals surface area (Å²) in [4.78, 5) is 9.32. The fourth-order valence-electron chi connectivity index (χ4n) is 3.06. The van der Waals surface area contributed by atoms with E-state index in [2.05, 4.69) is 32.2 Å². The molecule has 1 saturated carbocycles. The Morgan fingerprint density at radius 1 is 1.38 bits per heavy atom. The second-order valence-electron chi connectivity index (χ2n) is 6.50. The van der Waals surface area contributed by atoms with Gasteiger partial charge in [0, 0.05) is 45.3 Å². The maximum atomic E-state index is 10.2. The third-order valence-electron chi connectivity index (χ3n) is 4.69. The molecule has 1 saturated heterocycles. The van der Waals surface area contributed by atoms with Crippen LogP contribution in [0.2, 0.25) is 0 Å². The first kappa shape index (κ1) is 19.5. The van der Waals surface area contributed by atoms with Crippen molar-refractivity contribution in [3.63, 3.8) is 0 Å². The van der Waals surface area contributed by atoms with Gasteiger partial charge in [-0.1, -0.05) is 5.16 Å². The molecule has 7 nitrogen and oxygen atoms in total. The molecule has 2 aliphatic rings. The van der Waals surface area contributed by atoms with Crippen LogP contribution in [-0.2, 0) is 6.54 Å². The highest BCUT2D eigenvalue weighted by atomic mass is 127. The largest absolute Gasteiger partial charge is 0.388 e. The van der Waals surface area contributed by atoms with Crippen molar-refractivity contribution < 1.29 is 9.63 Å². The molecule has 0 spiro atoms. The zero-order valence-corrected chi connectivity index (χ0v) is 16.6. The number of hydrogen-bond donors (Lipinski definition) is 2. The van der Waals surface area contributed by atoms with Crippen LogP contribution in [0.15, 0.2) is 21.8 Å². The third-order valence-corrected chi connectivity index (χ3v) is 4.69. The molecule has 1 aliphatic carbocycles. The van der Waals surface area contributed by atoms with Crippen LogP contribution in [0.4, 0.5) is 0 Å². The molecule has 8 heteroatoms. The highest BCUT2D eigenvalue weighted by Crippen LogP contribution is 2.31. The Labute approximate surface area is 160 Å². The Hall–Kier alpha value is -0.870. The minimum absolute atomic E-state index is 0. The predicted molar refractivity (Wildman–Crippen MR) is 104 cm³/mol. The van der Waals surface area contributed by atoms with Crippen LogP contribution in [0.1, 0.15) is 31.9 Å². The van der Waals surface area contributed by atoms with Crippen LogP contribution < -0.4 is 5.32 Å². The maximum absolute atomic E-state index is 10.2. The van der Waals surface area contributed by atoms with Gasteiger partial charge >= 0.3 is 0 Å². The van der Waals surface area contributed by atoms with E-state index in [1.54, 1.807) is 6.26 Å². The number of aliphatic imine (C=N–C) groups is 1. The Balaban J connectivity index is 0.00000208. The van der Waals surface area contributed by atoms with E-state index in [4.69, 9.17) is 4.52 Å². The van der Waals surface area contributed by atoms with E-state index in [-0.39, 0.29) is 24.0 Å². The van der Waals surface area contributed by atoms with E-state index < -0.39 is 5.60 Å². The second-order valence-corrected chi connectivity index (χ2v) is 6.50. The van der Waals surface area contributed by atoms with Crippen molar-refractivity contribution in [1.29, 1.82) is 0 Å². The molecule has 24 heavy (non-hydrogen) atoms. The van der Waals surface area contributed by atoms with Crippen LogP contribution >= 0.6 is 24.0 Å². The van der Waals surface area contributed by atoms with Crippen molar-refractivity contribution in [2.24, 2.45) is 4.99 Å². The topological polar surface area (TPSA) is 77.1 Å². The summed E-state index contributed by atoms with van der Waals surface area (Å²) in [5.41, 5.74) is 0.418. The number of guanidine groups is 1. The molecule has 0 bridgehead atoms. The molecule has 0 aromatic carbocycles. The fraction of sp³-hybridized carbons (Fsp3) is 0.750. The van der Waals surface area contributed by atoms with E-state index in [1.807, 2.05) is 6.07 Å². The number of aliphatic hydroxyl groups is 1. The maximum Gasteiger partial charge on any atom is 0.194 e. The van der Waals surface area contributed by atoms with Crippen molar-refractivity contribution in [2.45, 2.75) is 38.3 Å². The summed E-state index contributed by atoms with van der Waals surface area (Å²) in [6.45, 7) is 8.07. The average molecular weight is 449 g/mol. The number of piperazine rings is 1. The first-order valence-electron chi connectivity index (χ1n) is 8.56. The number of halogens is 1. The van der Waals surface area contributed by atoms with Gasteiger partial charge in [0.15, 0.2) is 5.96 Å². The van der Waals surface area contributed by atoms with Crippen LogP contribution in [0.3, 0.4) is 0 Å². The first-order chi connectivity index (χ1) is 11.2. The first-order valence-corrected chi connectivity index (χ1v) is 8.56. The second kappa shape index (κ2) is 9.00. The van der Waals surface area contributed by atoms with Gasteiger partial charge in [0.05, 0.1) is 17.8 Å². The van der Waals surface area contributed by atoms with Gasteiger partial charge in [-0.2, -0.15) is 0 Å². The van der Waals surface area contributed by atoms with Gasteiger partial charge in [-0.25, -0.2) is 0 Å². The van der Waals surface area contributed by atoms with Crippen molar-refractivity contribution in [2.75, 3.05) is 39.3 Å². The summed E-state index contributed by atoms with van der Waals surface area (Å²) < 4.78 is 4.89. The summed E-state index contributed by atoms with van der Waals surface area (Å²) >= 11 is 0. The normalized spacial score (nSPS) is 21.1. The van der Waals surface area contributed by atoms with Crippen molar-refractivity contribution in [3.8, 4) is 0 Å². The standard InChI is InChI=1S/C16H27N5O2.HI/c1-2-17-15(18-13-16(22)5-3-6-16)21-9-7-20(8-10-21)12-14-4-11-23-19-14;/h4,11,22H,2-3,5-10,12-13H2,1H3,(H,17,18);1H. The zero-order chi connectivity index (χ0) is 16.1. The quantitative estimate of drug-likeness (QED) is 0.401. The molecule has 3 rings (SSSR count). The van der Waals surface area contributed by atoms with Gasteiger partial charge in [0.2, 0.25) is 0 Å². The van der Waals surface area contributed by atoms with Gasteiger partial charge in [-0.3, -0.25) is 9.89 Å². The lowest BCUT2D eigenvalue weighted by molar-refractivity contribution is -0.0238. The Morgan fingerprint density at radius 3 is 2.67 bits per heavy atom. The lowest BCUT2D eigenvalue weighted by Gasteiger charge is -2.38. The summed E-state index contributed by atoms with van der Waals surface area (Å²) in [5, 5.41) is 17.6. The summed E-state index contributed by atoms with van der Waals surface area (Å²) in [7, 11) is 0. The molecule has 0 radical (unpaired) electrons. The van der Waals surface area contributed by atoms with Gasteiger partial charge in [0.25, 0.3) is 0 Å². The monoisotopic (exact) mass is 449 g/mol. The van der Waals surface area contributed by atoms with Crippen molar-refractivity contribution in [1.82, 2.24) is 20.3 Å². The number of nitrogens with one attached hydrogen (secondary N) is 1. The Kier molecular flexibility index (Phi) is 7.30. The van der Waals surface area contributed by atoms with Crippen LogP contribution in [0.25, 0.3) is 0 Å². The molecular weight excluding hydrogens is 421 g/mol. The number of rotatable bonds is 5. The molecule has 2 heterocycles. The molecular formula is C16H28IN5O2. The molecule has 0 atom stereocenters. The summed E-state index contributed by atoms with van der Waals surface area (Å²) in [5.74, 6) is 0.925. The molecule has 1 aromatic heterocycles. The highest BCUT2D eigenvalue weighted by Gasteiger charge is 2.34. The minimum Gasteiger partial charge on any atom is -0.388 e. The number of nitrogens with zero attached hydrogens (tertiary/aromatic N) is 4. The lowest BCUT2D eigenvalue weighted by atomic mass is 9.80. The molecule has 2 fully saturated rings. The fourth-order valence-corrected chi connectivity index (χ4v) is 3.06. The molecule has 1 aromatic rings. The predicted octanol–water partition coefficient (Wildman–Crippen LogP) is 1.29. The van der Waals surface area contributed by atoms with Gasteiger partial charge in [0.1, 0.15) is 6.26 Å². The van der Waals surface area contributed by atoms with Crippen LogP contribution in [0, 0.1) is 0 Å². The zero-order valence-electron chi connectivity index (χ0n) is 14.3. The molecule has 0 unspecified atom stereocenters. The molecule has 136 valence electrons. The average Bonchev–Trinajstić information content (AvgIpc) is 3.03. The van der Waals surface area contributed by atoms with E-state index in [0.29, 0.717) is 6.54 Å². The molecule has 0 amide bonds. The summed E-state index contributed by atoms with van der Waals surface area (Å²) in [6, 6.07) is 1.91. The molecule has 1 aliphatic heterocycles. The van der Waals surface area contributed by atoms with E-state index >= 15 is 0 Å². The van der Waals surface area contributed by atoms with Gasteiger partial charge in [-0.15, -0.1) is 24.0 Å². The SMILES string of the molecule is CCNC(=NCC1(O)CCC1)N1CCN(Cc2ccon2)CC1.I. The van der Waals surface area contributed by atoms with Crippen LogP contribution in [-0.4, -0.2) is 70.9 Å². The third kappa shape index (κ3) is 5.06. The van der Waals surface area contributed by atoms with Gasteiger partial charge < -0.3 is 19.8 Å². The number of aromatic nitrogens is 1. The van der Waals surface area contributed by atoms with E-state index in [9.17, 15) is 5.11 Å². The highest BCUT2D eigenvalue weighted by molar-refractivity contribution is 14.0. The lowest BCUT2D eigenvalue weighted by Crippen LogP contribution is -2.52. The minimum atomic E-state index is -0.560. The van der Waals surface area contributed by atoms with Gasteiger partial charge in [-0.05, 0) is 26.2 Å².